The third-order valence-electron chi connectivity index (χ3n) is 5.63. The molecule has 5 nitrogen and oxygen atoms in total. The van der Waals surface area contributed by atoms with Crippen LogP contribution in [0.2, 0.25) is 0 Å². The van der Waals surface area contributed by atoms with Gasteiger partial charge in [0.2, 0.25) is 0 Å². The van der Waals surface area contributed by atoms with Crippen molar-refractivity contribution in [1.82, 2.24) is 9.97 Å². The van der Waals surface area contributed by atoms with Crippen LogP contribution in [-0.2, 0) is 0 Å². The van der Waals surface area contributed by atoms with E-state index in [4.69, 9.17) is 0 Å². The van der Waals surface area contributed by atoms with Gasteiger partial charge in [0.15, 0.2) is 0 Å². The molecule has 1 atom stereocenters. The minimum atomic E-state index is -0.271. The lowest BCUT2D eigenvalue weighted by molar-refractivity contribution is 0.471. The molecule has 0 radical (unpaired) electrons. The number of aromatic hydroxyl groups is 1. The van der Waals surface area contributed by atoms with Crippen molar-refractivity contribution in [2.24, 2.45) is 0 Å². The second kappa shape index (κ2) is 9.04. The maximum Gasteiger partial charge on any atom is 0.147 e. The third-order valence-corrected chi connectivity index (χ3v) is 5.63. The predicted molar refractivity (Wildman–Crippen MR) is 128 cm³/mol. The normalized spacial score (nSPS) is 12.0. The van der Waals surface area contributed by atoms with Gasteiger partial charge in [0.25, 0.3) is 0 Å². The molecule has 0 saturated heterocycles. The fourth-order valence-electron chi connectivity index (χ4n) is 3.92. The number of nitrogens with one attached hydrogen (secondary N) is 1. The van der Waals surface area contributed by atoms with Crippen molar-refractivity contribution in [3.63, 3.8) is 0 Å². The predicted octanol–water partition coefficient (Wildman–Crippen LogP) is 5.69. The lowest BCUT2D eigenvalue weighted by Gasteiger charge is -2.24. The number of rotatable bonds is 7. The summed E-state index contributed by atoms with van der Waals surface area (Å²) in [4.78, 5) is 11.3. The van der Waals surface area contributed by atoms with Crippen molar-refractivity contribution in [2.45, 2.75) is 26.8 Å². The molecule has 4 aromatic rings. The molecular weight excluding hydrogens is 384 g/mol. The molecule has 0 aliphatic heterocycles. The van der Waals surface area contributed by atoms with Crippen LogP contribution >= 0.6 is 0 Å². The number of pyridine rings is 2. The van der Waals surface area contributed by atoms with Gasteiger partial charge in [-0.15, -0.1) is 0 Å². The van der Waals surface area contributed by atoms with Crippen molar-refractivity contribution in [1.29, 1.82) is 0 Å². The van der Waals surface area contributed by atoms with E-state index in [1.165, 1.54) is 5.69 Å². The van der Waals surface area contributed by atoms with Gasteiger partial charge >= 0.3 is 0 Å². The number of hydrogen-bond donors (Lipinski definition) is 2. The molecule has 1 unspecified atom stereocenters. The van der Waals surface area contributed by atoms with Gasteiger partial charge in [-0.25, -0.2) is 9.97 Å². The highest BCUT2D eigenvalue weighted by molar-refractivity contribution is 5.86. The van der Waals surface area contributed by atoms with Crippen LogP contribution in [0.3, 0.4) is 0 Å². The van der Waals surface area contributed by atoms with Gasteiger partial charge in [0.05, 0.1) is 6.04 Å². The van der Waals surface area contributed by atoms with E-state index in [2.05, 4.69) is 58.3 Å². The Kier molecular flexibility index (Phi) is 6.03. The van der Waals surface area contributed by atoms with Crippen molar-refractivity contribution >= 4 is 22.4 Å². The fourth-order valence-corrected chi connectivity index (χ4v) is 3.92. The molecule has 2 heterocycles. The molecule has 2 aromatic carbocycles. The molecule has 0 amide bonds. The van der Waals surface area contributed by atoms with Crippen molar-refractivity contribution in [3.8, 4) is 5.75 Å². The van der Waals surface area contributed by atoms with Crippen LogP contribution in [0.25, 0.3) is 10.9 Å². The monoisotopic (exact) mass is 412 g/mol. The maximum absolute atomic E-state index is 11.2. The van der Waals surface area contributed by atoms with Crippen molar-refractivity contribution in [3.05, 3.63) is 89.7 Å². The Morgan fingerprint density at radius 3 is 2.35 bits per heavy atom. The minimum absolute atomic E-state index is 0.197. The molecule has 0 aliphatic rings. The highest BCUT2D eigenvalue weighted by Gasteiger charge is 2.21. The summed E-state index contributed by atoms with van der Waals surface area (Å²) in [6.45, 7) is 8.17. The second-order valence-corrected chi connectivity index (χ2v) is 7.58. The van der Waals surface area contributed by atoms with Crippen LogP contribution in [-0.4, -0.2) is 28.2 Å². The van der Waals surface area contributed by atoms with Gasteiger partial charge in [-0.1, -0.05) is 36.4 Å². The fraction of sp³-hybridized carbons (Fsp3) is 0.231. The second-order valence-electron chi connectivity index (χ2n) is 7.58. The maximum atomic E-state index is 11.2. The molecule has 158 valence electrons. The topological polar surface area (TPSA) is 61.3 Å². The number of hydrogen-bond acceptors (Lipinski definition) is 5. The van der Waals surface area contributed by atoms with E-state index >= 15 is 0 Å². The van der Waals surface area contributed by atoms with Crippen LogP contribution < -0.4 is 10.2 Å². The molecule has 0 spiro atoms. The van der Waals surface area contributed by atoms with E-state index < -0.39 is 0 Å². The zero-order valence-electron chi connectivity index (χ0n) is 18.2. The summed E-state index contributed by atoms with van der Waals surface area (Å²) in [6, 6.07) is 21.9. The van der Waals surface area contributed by atoms with Crippen LogP contribution in [0.15, 0.2) is 72.9 Å². The molecular formula is C26H28N4O. The van der Waals surface area contributed by atoms with E-state index in [1.54, 1.807) is 6.20 Å². The SMILES string of the molecule is CCN(CC)c1ccc(C(Nc2ccccn2)c2ccc3ccc(C)nc3c2O)cc1. The van der Waals surface area contributed by atoms with E-state index in [1.807, 2.05) is 49.4 Å². The van der Waals surface area contributed by atoms with E-state index in [0.717, 1.165) is 41.1 Å². The molecule has 0 bridgehead atoms. The Morgan fingerprint density at radius 1 is 0.935 bits per heavy atom. The largest absolute Gasteiger partial charge is 0.505 e. The number of aromatic nitrogens is 2. The Labute approximate surface area is 183 Å². The number of anilines is 2. The number of fused-ring (bicyclic) bond motifs is 1. The van der Waals surface area contributed by atoms with Gasteiger partial charge in [0.1, 0.15) is 17.1 Å². The average molecular weight is 413 g/mol. The molecule has 5 heteroatoms. The standard InChI is InChI=1S/C26H28N4O/c1-4-30(5-2)21-14-11-19(12-15-21)24(29-23-8-6-7-17-27-23)22-16-13-20-10-9-18(3)28-25(20)26(22)31/h6-17,24,31H,4-5H2,1-3H3,(H,27,29). The van der Waals surface area contributed by atoms with Gasteiger partial charge in [-0.05, 0) is 56.7 Å². The first kappa shape index (κ1) is 20.7. The summed E-state index contributed by atoms with van der Waals surface area (Å²) in [5.74, 6) is 0.944. The minimum Gasteiger partial charge on any atom is -0.505 e. The number of aryl methyl sites for hydroxylation is 1. The molecule has 0 fully saturated rings. The molecule has 31 heavy (non-hydrogen) atoms. The molecule has 0 saturated carbocycles. The highest BCUT2D eigenvalue weighted by atomic mass is 16.3. The summed E-state index contributed by atoms with van der Waals surface area (Å²) < 4.78 is 0. The molecule has 4 rings (SSSR count). The average Bonchev–Trinajstić information content (AvgIpc) is 2.80. The first-order chi connectivity index (χ1) is 15.1. The lowest BCUT2D eigenvalue weighted by atomic mass is 9.95. The van der Waals surface area contributed by atoms with Crippen LogP contribution in [0, 0.1) is 6.92 Å². The number of phenolic OH excluding ortho intramolecular Hbond substituents is 1. The first-order valence-electron chi connectivity index (χ1n) is 10.7. The Bertz CT molecular complexity index is 1160. The van der Waals surface area contributed by atoms with E-state index in [9.17, 15) is 5.11 Å². The highest BCUT2D eigenvalue weighted by Crippen LogP contribution is 2.36. The summed E-state index contributed by atoms with van der Waals surface area (Å²) in [5.41, 5.74) is 4.49. The number of benzene rings is 2. The summed E-state index contributed by atoms with van der Waals surface area (Å²) >= 11 is 0. The Morgan fingerprint density at radius 2 is 1.68 bits per heavy atom. The van der Waals surface area contributed by atoms with Crippen LogP contribution in [0.5, 0.6) is 5.75 Å². The molecule has 2 N–H and O–H groups in total. The van der Waals surface area contributed by atoms with E-state index in [-0.39, 0.29) is 11.8 Å². The summed E-state index contributed by atoms with van der Waals surface area (Å²) in [5, 5.41) is 15.6. The first-order valence-corrected chi connectivity index (χ1v) is 10.7. The quantitative estimate of drug-likeness (QED) is 0.408. The summed E-state index contributed by atoms with van der Waals surface area (Å²) in [7, 11) is 0. The molecule has 2 aromatic heterocycles. The van der Waals surface area contributed by atoms with Crippen LogP contribution in [0.4, 0.5) is 11.5 Å². The van der Waals surface area contributed by atoms with Gasteiger partial charge < -0.3 is 15.3 Å². The smallest absolute Gasteiger partial charge is 0.147 e. The molecule has 0 aliphatic carbocycles. The number of phenols is 1. The zero-order valence-corrected chi connectivity index (χ0v) is 18.2. The van der Waals surface area contributed by atoms with E-state index in [0.29, 0.717) is 5.52 Å². The number of nitrogens with zero attached hydrogens (tertiary/aromatic N) is 3. The van der Waals surface area contributed by atoms with Crippen molar-refractivity contribution < 1.29 is 5.11 Å². The Balaban J connectivity index is 1.80. The van der Waals surface area contributed by atoms with Gasteiger partial charge in [-0.2, -0.15) is 0 Å². The summed E-state index contributed by atoms with van der Waals surface area (Å²) in [6.07, 6.45) is 1.76. The third kappa shape index (κ3) is 4.31. The van der Waals surface area contributed by atoms with Crippen LogP contribution in [0.1, 0.15) is 36.7 Å². The van der Waals surface area contributed by atoms with Gasteiger partial charge in [-0.3, -0.25) is 0 Å². The van der Waals surface area contributed by atoms with Crippen molar-refractivity contribution in [2.75, 3.05) is 23.3 Å². The van der Waals surface area contributed by atoms with Gasteiger partial charge in [0, 0.05) is 41.6 Å². The lowest BCUT2D eigenvalue weighted by Crippen LogP contribution is -2.21. The Hall–Kier alpha value is -3.60. The zero-order chi connectivity index (χ0) is 21.8.